The summed E-state index contributed by atoms with van der Waals surface area (Å²) < 4.78 is 19.5. The molecule has 3 fully saturated rings. The molecule has 0 bridgehead atoms. The Kier molecular flexibility index (Phi) is 5.21. The molecule has 0 aromatic carbocycles. The van der Waals surface area contributed by atoms with Crippen LogP contribution in [0.15, 0.2) is 0 Å². The molecule has 0 radical (unpaired) electrons. The highest BCUT2D eigenvalue weighted by Crippen LogP contribution is 2.43. The first-order chi connectivity index (χ1) is 10.7. The molecule has 1 aliphatic heterocycles. The van der Waals surface area contributed by atoms with Crippen molar-refractivity contribution < 1.29 is 13.9 Å². The van der Waals surface area contributed by atoms with Gasteiger partial charge in [0.2, 0.25) is 0 Å². The molecule has 3 aliphatic rings. The second kappa shape index (κ2) is 7.16. The monoisotopic (exact) mass is 312 g/mol. The fourth-order valence-corrected chi connectivity index (χ4v) is 4.34. The SMILES string of the molecule is O=C(NCC1CCCC(F)C1)NCC1CCC2(CCCC2)O1. The van der Waals surface area contributed by atoms with Crippen LogP contribution < -0.4 is 10.6 Å². The molecule has 0 aromatic rings. The fourth-order valence-electron chi connectivity index (χ4n) is 4.34. The van der Waals surface area contributed by atoms with E-state index in [1.54, 1.807) is 0 Å². The van der Waals surface area contributed by atoms with E-state index >= 15 is 0 Å². The molecule has 2 saturated carbocycles. The third-order valence-corrected chi connectivity index (χ3v) is 5.61. The Morgan fingerprint density at radius 3 is 2.59 bits per heavy atom. The molecule has 0 aromatic heterocycles. The van der Waals surface area contributed by atoms with E-state index in [2.05, 4.69) is 10.6 Å². The number of hydrogen-bond acceptors (Lipinski definition) is 2. The van der Waals surface area contributed by atoms with Crippen molar-refractivity contribution in [3.8, 4) is 0 Å². The van der Waals surface area contributed by atoms with Gasteiger partial charge in [0.1, 0.15) is 6.17 Å². The first-order valence-electron chi connectivity index (χ1n) is 8.99. The largest absolute Gasteiger partial charge is 0.370 e. The van der Waals surface area contributed by atoms with Crippen molar-refractivity contribution >= 4 is 6.03 Å². The number of rotatable bonds is 4. The van der Waals surface area contributed by atoms with Gasteiger partial charge < -0.3 is 15.4 Å². The number of halogens is 1. The highest BCUT2D eigenvalue weighted by atomic mass is 19.1. The zero-order valence-electron chi connectivity index (χ0n) is 13.4. The van der Waals surface area contributed by atoms with E-state index in [1.165, 1.54) is 25.7 Å². The van der Waals surface area contributed by atoms with Gasteiger partial charge in [-0.1, -0.05) is 19.3 Å². The minimum atomic E-state index is -0.682. The normalized spacial score (nSPS) is 34.0. The highest BCUT2D eigenvalue weighted by Gasteiger charge is 2.42. The van der Waals surface area contributed by atoms with Gasteiger partial charge in [0.05, 0.1) is 11.7 Å². The van der Waals surface area contributed by atoms with E-state index in [0.29, 0.717) is 31.8 Å². The average molecular weight is 312 g/mol. The number of ether oxygens (including phenoxy) is 1. The van der Waals surface area contributed by atoms with Crippen molar-refractivity contribution in [2.24, 2.45) is 5.92 Å². The van der Waals surface area contributed by atoms with Crippen LogP contribution in [0.2, 0.25) is 0 Å². The predicted octanol–water partition coefficient (Wildman–Crippen LogP) is 3.31. The first kappa shape index (κ1) is 16.0. The summed E-state index contributed by atoms with van der Waals surface area (Å²) in [5.74, 6) is 0.291. The third-order valence-electron chi connectivity index (χ3n) is 5.61. The molecule has 126 valence electrons. The minimum Gasteiger partial charge on any atom is -0.370 e. The molecular formula is C17H29FN2O2. The Bertz CT molecular complexity index is 385. The maximum atomic E-state index is 13.3. The molecule has 3 unspecified atom stereocenters. The van der Waals surface area contributed by atoms with Crippen LogP contribution in [-0.4, -0.2) is 37.0 Å². The van der Waals surface area contributed by atoms with Gasteiger partial charge in [-0.05, 0) is 50.9 Å². The molecule has 1 spiro atoms. The Hall–Kier alpha value is -0.840. The lowest BCUT2D eigenvalue weighted by atomic mass is 9.88. The molecule has 2 N–H and O–H groups in total. The van der Waals surface area contributed by atoms with Crippen molar-refractivity contribution in [1.29, 1.82) is 0 Å². The van der Waals surface area contributed by atoms with Crippen LogP contribution in [0.3, 0.4) is 0 Å². The molecule has 22 heavy (non-hydrogen) atoms. The first-order valence-corrected chi connectivity index (χ1v) is 8.99. The number of alkyl halides is 1. The molecule has 1 saturated heterocycles. The second-order valence-electron chi connectivity index (χ2n) is 7.39. The molecule has 2 amide bonds. The van der Waals surface area contributed by atoms with Gasteiger partial charge in [0, 0.05) is 13.1 Å². The molecule has 4 nitrogen and oxygen atoms in total. The molecule has 5 heteroatoms. The second-order valence-corrected chi connectivity index (χ2v) is 7.39. The summed E-state index contributed by atoms with van der Waals surface area (Å²) in [5.41, 5.74) is 0.126. The van der Waals surface area contributed by atoms with Crippen molar-refractivity contribution in [3.63, 3.8) is 0 Å². The zero-order valence-corrected chi connectivity index (χ0v) is 13.4. The van der Waals surface area contributed by atoms with Gasteiger partial charge >= 0.3 is 6.03 Å². The standard InChI is InChI=1S/C17H29FN2O2/c18-14-5-3-4-13(10-14)11-19-16(21)20-12-15-6-9-17(22-15)7-1-2-8-17/h13-15H,1-12H2,(H2,19,20,21). The lowest BCUT2D eigenvalue weighted by molar-refractivity contribution is -0.0341. The number of amides is 2. The summed E-state index contributed by atoms with van der Waals surface area (Å²) >= 11 is 0. The van der Waals surface area contributed by atoms with E-state index in [0.717, 1.165) is 25.7 Å². The number of urea groups is 1. The quantitative estimate of drug-likeness (QED) is 0.837. The van der Waals surface area contributed by atoms with E-state index in [-0.39, 0.29) is 17.7 Å². The summed E-state index contributed by atoms with van der Waals surface area (Å²) in [4.78, 5) is 11.9. The van der Waals surface area contributed by atoms with Crippen molar-refractivity contribution in [1.82, 2.24) is 10.6 Å². The molecule has 3 rings (SSSR count). The zero-order chi connectivity index (χ0) is 15.4. The summed E-state index contributed by atoms with van der Waals surface area (Å²) in [6.45, 7) is 1.17. The van der Waals surface area contributed by atoms with E-state index in [4.69, 9.17) is 4.74 Å². The highest BCUT2D eigenvalue weighted by molar-refractivity contribution is 5.73. The van der Waals surface area contributed by atoms with Crippen LogP contribution in [-0.2, 0) is 4.74 Å². The Morgan fingerprint density at radius 1 is 1.05 bits per heavy atom. The van der Waals surface area contributed by atoms with Crippen LogP contribution >= 0.6 is 0 Å². The van der Waals surface area contributed by atoms with Gasteiger partial charge in [0.25, 0.3) is 0 Å². The van der Waals surface area contributed by atoms with Crippen molar-refractivity contribution in [2.45, 2.75) is 82.1 Å². The van der Waals surface area contributed by atoms with E-state index < -0.39 is 6.17 Å². The van der Waals surface area contributed by atoms with Crippen LogP contribution in [0.25, 0.3) is 0 Å². The lowest BCUT2D eigenvalue weighted by Crippen LogP contribution is -2.42. The Morgan fingerprint density at radius 2 is 1.82 bits per heavy atom. The van der Waals surface area contributed by atoms with Gasteiger partial charge in [0.15, 0.2) is 0 Å². The predicted molar refractivity (Wildman–Crippen MR) is 83.6 cm³/mol. The summed E-state index contributed by atoms with van der Waals surface area (Å²) in [7, 11) is 0. The van der Waals surface area contributed by atoms with Gasteiger partial charge in [-0.3, -0.25) is 0 Å². The lowest BCUT2D eigenvalue weighted by Gasteiger charge is -2.25. The molecular weight excluding hydrogens is 283 g/mol. The third kappa shape index (κ3) is 4.12. The fraction of sp³-hybridized carbons (Fsp3) is 0.941. The van der Waals surface area contributed by atoms with E-state index in [9.17, 15) is 9.18 Å². The Balaban J connectivity index is 1.31. The van der Waals surface area contributed by atoms with E-state index in [1.807, 2.05) is 0 Å². The van der Waals surface area contributed by atoms with Crippen LogP contribution in [0.4, 0.5) is 9.18 Å². The smallest absolute Gasteiger partial charge is 0.314 e. The number of carbonyl (C=O) groups excluding carboxylic acids is 1. The Labute approximate surface area is 132 Å². The topological polar surface area (TPSA) is 50.4 Å². The maximum Gasteiger partial charge on any atom is 0.314 e. The molecule has 2 aliphatic carbocycles. The van der Waals surface area contributed by atoms with Gasteiger partial charge in [-0.25, -0.2) is 9.18 Å². The van der Waals surface area contributed by atoms with Crippen LogP contribution in [0, 0.1) is 5.92 Å². The van der Waals surface area contributed by atoms with Gasteiger partial charge in [-0.15, -0.1) is 0 Å². The number of carbonyl (C=O) groups is 1. The summed E-state index contributed by atoms with van der Waals surface area (Å²) in [6, 6.07) is -0.142. The maximum absolute atomic E-state index is 13.3. The molecule has 1 heterocycles. The van der Waals surface area contributed by atoms with Gasteiger partial charge in [-0.2, -0.15) is 0 Å². The van der Waals surface area contributed by atoms with Crippen molar-refractivity contribution in [3.05, 3.63) is 0 Å². The summed E-state index contributed by atoms with van der Waals surface area (Å²) in [5, 5.41) is 5.80. The minimum absolute atomic E-state index is 0.126. The summed E-state index contributed by atoms with van der Waals surface area (Å²) in [6.07, 6.45) is 9.82. The average Bonchev–Trinajstić information content (AvgIpc) is 3.14. The number of nitrogens with one attached hydrogen (secondary N) is 2. The number of hydrogen-bond donors (Lipinski definition) is 2. The van der Waals surface area contributed by atoms with Crippen LogP contribution in [0.5, 0.6) is 0 Å². The van der Waals surface area contributed by atoms with Crippen molar-refractivity contribution in [2.75, 3.05) is 13.1 Å². The van der Waals surface area contributed by atoms with Crippen LogP contribution in [0.1, 0.15) is 64.2 Å². The molecule has 3 atom stereocenters.